The van der Waals surface area contributed by atoms with Crippen LogP contribution < -0.4 is 16.0 Å². The number of nitrogens with one attached hydrogen (secondary N) is 3. The minimum atomic E-state index is -1.37. The van der Waals surface area contributed by atoms with Crippen LogP contribution in [0.1, 0.15) is 136 Å². The molecule has 0 saturated carbocycles. The predicted octanol–water partition coefficient (Wildman–Crippen LogP) is 0.179. The van der Waals surface area contributed by atoms with Crippen LogP contribution in [-0.2, 0) is 71.7 Å². The number of carbonyl (C=O) groups excluding carboxylic acids is 9. The third kappa shape index (κ3) is 27.2. The Hall–Kier alpha value is -6.48. The largest absolute Gasteiger partial charge is 0.481 e. The highest BCUT2D eigenvalue weighted by atomic mass is 16.6. The molecule has 0 aromatic rings. The fourth-order valence-electron chi connectivity index (χ4n) is 6.43. The first kappa shape index (κ1) is 60.5. The van der Waals surface area contributed by atoms with Crippen LogP contribution in [-0.4, -0.2) is 173 Å². The Balaban J connectivity index is 3.33. The molecule has 0 bridgehead atoms. The number of hydrogen-bond donors (Lipinski definition) is 9. The zero-order chi connectivity index (χ0) is 52.2. The lowest BCUT2D eigenvalue weighted by Crippen LogP contribution is -2.43. The van der Waals surface area contributed by atoms with E-state index in [2.05, 4.69) is 16.0 Å². The lowest BCUT2D eigenvalue weighted by atomic mass is 10.1. The van der Waals surface area contributed by atoms with Gasteiger partial charge in [-0.25, -0.2) is 29.6 Å². The fraction of sp³-hybridized carbons (Fsp3) is 0.714. The monoisotopic (exact) mass is 990 g/mol. The van der Waals surface area contributed by atoms with Crippen molar-refractivity contribution in [1.82, 2.24) is 31.1 Å². The number of ether oxygens (including phenoxy) is 3. The molecule has 27 heteroatoms. The lowest BCUT2D eigenvalue weighted by Gasteiger charge is -2.23. The summed E-state index contributed by atoms with van der Waals surface area (Å²) in [6.07, 6.45) is -8.39. The molecule has 6 atom stereocenters. The number of hydrogen-bond acceptors (Lipinski definition) is 18. The van der Waals surface area contributed by atoms with Gasteiger partial charge in [0.2, 0.25) is 35.4 Å². The summed E-state index contributed by atoms with van der Waals surface area (Å²) >= 11 is 0. The summed E-state index contributed by atoms with van der Waals surface area (Å²) in [6.45, 7) is 3.06. The second-order valence-corrected chi connectivity index (χ2v) is 16.4. The van der Waals surface area contributed by atoms with Crippen molar-refractivity contribution in [2.75, 3.05) is 19.6 Å². The van der Waals surface area contributed by atoms with Crippen LogP contribution in [0.25, 0.3) is 0 Å². The van der Waals surface area contributed by atoms with Crippen LogP contribution in [0.15, 0.2) is 0 Å². The molecule has 6 unspecified atom stereocenters. The number of carboxylic acid groups (broad SMARTS) is 3. The predicted molar refractivity (Wildman–Crippen MR) is 229 cm³/mol. The molecule has 0 radical (unpaired) electrons. The van der Waals surface area contributed by atoms with Gasteiger partial charge in [0, 0.05) is 38.9 Å². The van der Waals surface area contributed by atoms with Crippen molar-refractivity contribution in [3.8, 4) is 0 Å². The van der Waals surface area contributed by atoms with Gasteiger partial charge < -0.3 is 45.5 Å². The van der Waals surface area contributed by atoms with Crippen LogP contribution in [0, 0.1) is 0 Å². The summed E-state index contributed by atoms with van der Waals surface area (Å²) in [5, 5.41) is 66.4. The van der Waals surface area contributed by atoms with Crippen molar-refractivity contribution in [2.45, 2.75) is 173 Å². The van der Waals surface area contributed by atoms with Gasteiger partial charge in [-0.3, -0.25) is 58.8 Å². The highest BCUT2D eigenvalue weighted by Gasteiger charge is 2.30. The molecule has 6 amide bonds. The molecule has 27 nitrogen and oxygen atoms in total. The number of cyclic esters (lactones) is 3. The number of rotatable bonds is 12. The second-order valence-electron chi connectivity index (χ2n) is 16.4. The summed E-state index contributed by atoms with van der Waals surface area (Å²) < 4.78 is 16.1. The van der Waals surface area contributed by atoms with E-state index < -0.39 is 165 Å². The molecule has 1 rings (SSSR count). The number of aliphatic carboxylic acids is 3. The topological polar surface area (TPSA) is 400 Å². The number of nitrogens with zero attached hydrogens (tertiary/aromatic N) is 3. The van der Waals surface area contributed by atoms with Crippen LogP contribution in [0.4, 0.5) is 0 Å². The van der Waals surface area contributed by atoms with E-state index in [4.69, 9.17) is 29.5 Å². The molecule has 1 heterocycles. The standard InChI is InChI=1S/C42H66N6O21/c1-25-22-34(52)46(64)19-7-5-11-29(44-32(50)14-17-38(57)58)41(62)68-27(3)24-36(54)48(66)21-9-6-12-30(45-33(51)15-18-39(59)60)42(63)69-26(2)23-35(53)47(65)20-8-4-10-28(40(61)67-25)43-31(49)13-16-37(55)56/h25-30,64-66H,4-24H2,1-3H3,(H,43,49)(H,44,50)(H,45,51)(H,55,56)(H,57,58)(H,59,60). The molecule has 0 aromatic carbocycles. The van der Waals surface area contributed by atoms with E-state index in [1.165, 1.54) is 20.8 Å². The number of amides is 6. The summed E-state index contributed by atoms with van der Waals surface area (Å²) in [5.74, 6) is -12.0. The number of esters is 3. The average molecular weight is 991 g/mol. The quantitative estimate of drug-likeness (QED) is 0.0715. The van der Waals surface area contributed by atoms with Gasteiger partial charge in [0.05, 0.1) is 38.5 Å². The van der Waals surface area contributed by atoms with Gasteiger partial charge in [-0.15, -0.1) is 0 Å². The molecule has 390 valence electrons. The Morgan fingerprint density at radius 3 is 0.884 bits per heavy atom. The SMILES string of the molecule is CC1CC(=O)N(O)CCCCC(NC(=O)CCC(=O)O)C(=O)OC(C)CC(=O)N(O)CCCCC(NC(=O)CCC(=O)O)C(=O)OC(C)CC(=O)N(O)CCCCC(NC(=O)CCC(=O)O)C(=O)O1. The van der Waals surface area contributed by atoms with Gasteiger partial charge in [-0.1, -0.05) is 0 Å². The van der Waals surface area contributed by atoms with Crippen molar-refractivity contribution in [3.63, 3.8) is 0 Å². The first-order valence-electron chi connectivity index (χ1n) is 22.5. The Labute approximate surface area is 397 Å². The van der Waals surface area contributed by atoms with Crippen molar-refractivity contribution < 1.29 is 103 Å². The minimum Gasteiger partial charge on any atom is -0.481 e. The van der Waals surface area contributed by atoms with Gasteiger partial charge in [0.1, 0.15) is 36.4 Å². The maximum Gasteiger partial charge on any atom is 0.328 e. The molecule has 69 heavy (non-hydrogen) atoms. The Kier molecular flexibility index (Phi) is 28.3. The van der Waals surface area contributed by atoms with E-state index in [1.54, 1.807) is 0 Å². The summed E-state index contributed by atoms with van der Waals surface area (Å²) in [7, 11) is 0. The fourth-order valence-corrected chi connectivity index (χ4v) is 6.43. The van der Waals surface area contributed by atoms with Crippen LogP contribution in [0.2, 0.25) is 0 Å². The maximum absolute atomic E-state index is 13.2. The number of carboxylic acids is 3. The summed E-state index contributed by atoms with van der Waals surface area (Å²) in [4.78, 5) is 149. The molecule has 0 aliphatic carbocycles. The molecular formula is C42H66N6O21. The molecule has 0 spiro atoms. The van der Waals surface area contributed by atoms with Crippen molar-refractivity contribution >= 4 is 71.3 Å². The molecule has 1 aliphatic heterocycles. The number of hydroxylamine groups is 6. The van der Waals surface area contributed by atoms with Gasteiger partial charge in [-0.2, -0.15) is 0 Å². The van der Waals surface area contributed by atoms with Crippen molar-refractivity contribution in [1.29, 1.82) is 0 Å². The second kappa shape index (κ2) is 32.3. The van der Waals surface area contributed by atoms with E-state index in [9.17, 15) is 73.2 Å². The third-order valence-corrected chi connectivity index (χ3v) is 10.1. The van der Waals surface area contributed by atoms with Crippen LogP contribution in [0.3, 0.4) is 0 Å². The maximum atomic E-state index is 13.2. The molecule has 1 aliphatic rings. The van der Waals surface area contributed by atoms with Crippen molar-refractivity contribution in [2.24, 2.45) is 0 Å². The molecule has 0 aromatic heterocycles. The molecule has 1 fully saturated rings. The van der Waals surface area contributed by atoms with Gasteiger partial charge in [-0.05, 0) is 78.6 Å². The zero-order valence-electron chi connectivity index (χ0n) is 39.0. The Morgan fingerprint density at radius 2 is 0.667 bits per heavy atom. The summed E-state index contributed by atoms with van der Waals surface area (Å²) in [6, 6.07) is -4.12. The molecular weight excluding hydrogens is 924 g/mol. The minimum absolute atomic E-state index is 0.0397. The van der Waals surface area contributed by atoms with E-state index in [1.807, 2.05) is 0 Å². The first-order chi connectivity index (χ1) is 32.4. The van der Waals surface area contributed by atoms with Crippen LogP contribution in [0.5, 0.6) is 0 Å². The highest BCUT2D eigenvalue weighted by molar-refractivity contribution is 5.88. The Bertz CT molecular complexity index is 1600. The smallest absolute Gasteiger partial charge is 0.328 e. The Morgan fingerprint density at radius 1 is 0.435 bits per heavy atom. The zero-order valence-corrected chi connectivity index (χ0v) is 39.0. The normalized spacial score (nSPS) is 23.7. The van der Waals surface area contributed by atoms with Gasteiger partial charge in [0.15, 0.2) is 0 Å². The van der Waals surface area contributed by atoms with E-state index in [-0.39, 0.29) is 77.4 Å². The van der Waals surface area contributed by atoms with E-state index in [0.29, 0.717) is 15.2 Å². The highest BCUT2D eigenvalue weighted by Crippen LogP contribution is 2.14. The lowest BCUT2D eigenvalue weighted by molar-refractivity contribution is -0.171. The van der Waals surface area contributed by atoms with Gasteiger partial charge in [0.25, 0.3) is 0 Å². The van der Waals surface area contributed by atoms with E-state index >= 15 is 0 Å². The number of carbonyl (C=O) groups is 12. The molecule has 1 saturated heterocycles. The third-order valence-electron chi connectivity index (χ3n) is 10.1. The van der Waals surface area contributed by atoms with Gasteiger partial charge >= 0.3 is 35.8 Å². The summed E-state index contributed by atoms with van der Waals surface area (Å²) in [5.41, 5.74) is 0. The average Bonchev–Trinajstić information content (AvgIpc) is 3.26. The van der Waals surface area contributed by atoms with E-state index in [0.717, 1.165) is 0 Å². The first-order valence-corrected chi connectivity index (χ1v) is 22.5. The van der Waals surface area contributed by atoms with Crippen LogP contribution >= 0.6 is 0 Å². The van der Waals surface area contributed by atoms with Crippen molar-refractivity contribution in [3.05, 3.63) is 0 Å². The molecule has 9 N–H and O–H groups in total.